The summed E-state index contributed by atoms with van der Waals surface area (Å²) in [5.74, 6) is 2.86. The van der Waals surface area contributed by atoms with Crippen LogP contribution in [0, 0.1) is 0 Å². The number of para-hydroxylation sites is 1. The first-order valence-electron chi connectivity index (χ1n) is 17.4. The van der Waals surface area contributed by atoms with E-state index in [1.807, 2.05) is 30.3 Å². The van der Waals surface area contributed by atoms with E-state index in [1.54, 1.807) is 0 Å². The maximum absolute atomic E-state index is 5.97. The highest BCUT2D eigenvalue weighted by atomic mass is 16.5. The Morgan fingerprint density at radius 1 is 0.630 bits per heavy atom. The Labute approximate surface area is 276 Å². The van der Waals surface area contributed by atoms with Crippen molar-refractivity contribution >= 4 is 16.7 Å². The minimum absolute atomic E-state index is 0.688. The summed E-state index contributed by atoms with van der Waals surface area (Å²) in [5, 5.41) is 4.56. The molecule has 0 atom stereocenters. The summed E-state index contributed by atoms with van der Waals surface area (Å²) in [5.41, 5.74) is 9.18. The Morgan fingerprint density at radius 3 is 1.83 bits per heavy atom. The lowest BCUT2D eigenvalue weighted by atomic mass is 10.1. The first-order valence-corrected chi connectivity index (χ1v) is 17.4. The van der Waals surface area contributed by atoms with Gasteiger partial charge in [0, 0.05) is 25.0 Å². The minimum Gasteiger partial charge on any atom is -0.494 e. The summed E-state index contributed by atoms with van der Waals surface area (Å²) in [6.45, 7) is 9.94. The number of anilines is 1. The summed E-state index contributed by atoms with van der Waals surface area (Å²) < 4.78 is 11.6. The van der Waals surface area contributed by atoms with Crippen molar-refractivity contribution in [2.75, 3.05) is 57.8 Å². The molecule has 246 valence electrons. The number of nitrogens with one attached hydrogen (secondary N) is 1. The second-order valence-electron chi connectivity index (χ2n) is 12.5. The molecule has 46 heavy (non-hydrogen) atoms. The summed E-state index contributed by atoms with van der Waals surface area (Å²) >= 11 is 0. The van der Waals surface area contributed by atoms with Crippen LogP contribution in [0.5, 0.6) is 11.5 Å². The van der Waals surface area contributed by atoms with Gasteiger partial charge in [-0.2, -0.15) is 0 Å². The van der Waals surface area contributed by atoms with Gasteiger partial charge in [-0.05, 0) is 125 Å². The van der Waals surface area contributed by atoms with E-state index in [9.17, 15) is 0 Å². The van der Waals surface area contributed by atoms with Gasteiger partial charge >= 0.3 is 0 Å². The molecule has 0 radical (unpaired) electrons. The van der Waals surface area contributed by atoms with Gasteiger partial charge in [0.2, 0.25) is 0 Å². The van der Waals surface area contributed by atoms with Crippen LogP contribution in [0.25, 0.3) is 10.9 Å². The first-order chi connectivity index (χ1) is 22.7. The molecule has 3 aromatic carbocycles. The van der Waals surface area contributed by atoms with Crippen molar-refractivity contribution in [1.29, 1.82) is 0 Å². The second-order valence-corrected chi connectivity index (χ2v) is 12.5. The average Bonchev–Trinajstić information content (AvgIpc) is 3.10. The van der Waals surface area contributed by atoms with Gasteiger partial charge in [0.1, 0.15) is 17.3 Å². The number of pyridine rings is 1. The molecule has 2 fully saturated rings. The van der Waals surface area contributed by atoms with E-state index < -0.39 is 0 Å². The number of fused-ring (bicyclic) bond motifs is 1. The maximum Gasteiger partial charge on any atom is 0.126 e. The van der Waals surface area contributed by atoms with Gasteiger partial charge < -0.3 is 20.5 Å². The number of likely N-dealkylation sites (tertiary alicyclic amines) is 2. The smallest absolute Gasteiger partial charge is 0.126 e. The molecule has 2 aliphatic rings. The molecule has 0 amide bonds. The highest BCUT2D eigenvalue weighted by Gasteiger charge is 2.12. The molecule has 6 rings (SSSR count). The Bertz CT molecular complexity index is 1430. The Balaban J connectivity index is 0.000000200. The number of ether oxygens (including phenoxy) is 2. The molecule has 0 bridgehead atoms. The zero-order valence-electron chi connectivity index (χ0n) is 27.5. The van der Waals surface area contributed by atoms with Gasteiger partial charge in [0.25, 0.3) is 0 Å². The summed E-state index contributed by atoms with van der Waals surface area (Å²) in [6, 6.07) is 29.3. The van der Waals surface area contributed by atoms with Crippen molar-refractivity contribution in [2.24, 2.45) is 5.73 Å². The lowest BCUT2D eigenvalue weighted by Crippen LogP contribution is -2.29. The zero-order valence-corrected chi connectivity index (χ0v) is 27.5. The Morgan fingerprint density at radius 2 is 1.22 bits per heavy atom. The second kappa shape index (κ2) is 19.1. The number of hydrogen-bond donors (Lipinski definition) is 2. The molecule has 7 nitrogen and oxygen atoms in total. The molecule has 0 aliphatic carbocycles. The molecule has 7 heteroatoms. The summed E-state index contributed by atoms with van der Waals surface area (Å²) in [4.78, 5) is 9.72. The number of nitrogens with zero attached hydrogens (tertiary/aromatic N) is 3. The SMILES string of the molecule is NCCCOc1cccc(CN2CCCCC2)c1.c1cc(CN2CCCCC2)cc(OCCCNc2ccc3ccccc3n2)c1. The third-order valence-electron chi connectivity index (χ3n) is 8.62. The van der Waals surface area contributed by atoms with Crippen LogP contribution >= 0.6 is 0 Å². The molecule has 3 heterocycles. The number of rotatable bonds is 14. The van der Waals surface area contributed by atoms with Crippen LogP contribution < -0.4 is 20.5 Å². The third kappa shape index (κ3) is 11.6. The zero-order chi connectivity index (χ0) is 31.7. The van der Waals surface area contributed by atoms with E-state index >= 15 is 0 Å². The lowest BCUT2D eigenvalue weighted by Gasteiger charge is -2.26. The van der Waals surface area contributed by atoms with Crippen molar-refractivity contribution in [3.8, 4) is 11.5 Å². The van der Waals surface area contributed by atoms with Crippen molar-refractivity contribution in [2.45, 2.75) is 64.5 Å². The van der Waals surface area contributed by atoms with Crippen LogP contribution in [-0.4, -0.2) is 67.3 Å². The minimum atomic E-state index is 0.688. The largest absolute Gasteiger partial charge is 0.494 e. The molecule has 0 saturated carbocycles. The van der Waals surface area contributed by atoms with Gasteiger partial charge in [-0.3, -0.25) is 9.80 Å². The quantitative estimate of drug-likeness (QED) is 0.141. The van der Waals surface area contributed by atoms with Crippen LogP contribution in [0.15, 0.2) is 84.9 Å². The number of hydrogen-bond acceptors (Lipinski definition) is 7. The molecule has 3 N–H and O–H groups in total. The van der Waals surface area contributed by atoms with E-state index in [0.717, 1.165) is 55.3 Å². The predicted molar refractivity (Wildman–Crippen MR) is 191 cm³/mol. The van der Waals surface area contributed by atoms with Gasteiger partial charge in [-0.15, -0.1) is 0 Å². The molecular formula is C39H53N5O2. The standard InChI is InChI=1S/C24H29N3O.C15H24N2O/c1-4-15-27(16-5-1)19-20-8-6-10-22(18-20)28-17-7-14-25-24-13-12-21-9-2-3-11-23(21)26-24;16-8-5-11-18-15-7-4-6-14(12-15)13-17-9-2-1-3-10-17/h2-3,6,8-13,18H,1,4-5,7,14-17,19H2,(H,25,26);4,6-7,12H,1-3,5,8-11,13,16H2. The molecule has 2 aliphatic heterocycles. The number of benzene rings is 3. The predicted octanol–water partition coefficient (Wildman–Crippen LogP) is 7.50. The molecule has 0 spiro atoms. The first kappa shape index (κ1) is 33.7. The van der Waals surface area contributed by atoms with Crippen LogP contribution in [0.1, 0.15) is 62.5 Å². The van der Waals surface area contributed by atoms with Crippen LogP contribution in [0.2, 0.25) is 0 Å². The fraction of sp³-hybridized carbons (Fsp3) is 0.462. The maximum atomic E-state index is 5.97. The topological polar surface area (TPSA) is 75.9 Å². The van der Waals surface area contributed by atoms with E-state index in [2.05, 4.69) is 74.7 Å². The van der Waals surface area contributed by atoms with Crippen molar-refractivity contribution in [3.05, 3.63) is 96.1 Å². The molecule has 2 saturated heterocycles. The van der Waals surface area contributed by atoms with E-state index in [4.69, 9.17) is 15.2 Å². The van der Waals surface area contributed by atoms with Crippen molar-refractivity contribution in [3.63, 3.8) is 0 Å². The van der Waals surface area contributed by atoms with E-state index in [1.165, 1.54) is 81.2 Å². The van der Waals surface area contributed by atoms with Crippen molar-refractivity contribution < 1.29 is 9.47 Å². The molecule has 0 unspecified atom stereocenters. The average molecular weight is 624 g/mol. The van der Waals surface area contributed by atoms with Gasteiger partial charge in [-0.25, -0.2) is 4.98 Å². The third-order valence-corrected chi connectivity index (χ3v) is 8.62. The number of nitrogens with two attached hydrogens (primary N) is 1. The van der Waals surface area contributed by atoms with Gasteiger partial charge in [0.05, 0.1) is 18.7 Å². The fourth-order valence-corrected chi connectivity index (χ4v) is 6.14. The molecule has 4 aromatic rings. The van der Waals surface area contributed by atoms with Crippen LogP contribution in [-0.2, 0) is 13.1 Å². The van der Waals surface area contributed by atoms with Crippen LogP contribution in [0.3, 0.4) is 0 Å². The van der Waals surface area contributed by atoms with Gasteiger partial charge in [-0.1, -0.05) is 55.3 Å². The lowest BCUT2D eigenvalue weighted by molar-refractivity contribution is 0.220. The van der Waals surface area contributed by atoms with Gasteiger partial charge in [0.15, 0.2) is 0 Å². The molecule has 1 aromatic heterocycles. The summed E-state index contributed by atoms with van der Waals surface area (Å²) in [7, 11) is 0. The number of aromatic nitrogens is 1. The summed E-state index contributed by atoms with van der Waals surface area (Å²) in [6.07, 6.45) is 9.95. The monoisotopic (exact) mass is 623 g/mol. The highest BCUT2D eigenvalue weighted by Crippen LogP contribution is 2.19. The molecular weight excluding hydrogens is 570 g/mol. The van der Waals surface area contributed by atoms with Crippen LogP contribution in [0.4, 0.5) is 5.82 Å². The Hall–Kier alpha value is -3.65. The van der Waals surface area contributed by atoms with E-state index in [-0.39, 0.29) is 0 Å². The normalized spacial score (nSPS) is 15.6. The Kier molecular flexibility index (Phi) is 14.0. The van der Waals surface area contributed by atoms with E-state index in [0.29, 0.717) is 19.8 Å². The fourth-order valence-electron chi connectivity index (χ4n) is 6.14. The van der Waals surface area contributed by atoms with Crippen molar-refractivity contribution in [1.82, 2.24) is 14.8 Å². The highest BCUT2D eigenvalue weighted by molar-refractivity contribution is 5.80. The number of piperidine rings is 2.